The lowest BCUT2D eigenvalue weighted by Gasteiger charge is -2.37. The van der Waals surface area contributed by atoms with Crippen molar-refractivity contribution in [2.45, 2.75) is 51.7 Å². The van der Waals surface area contributed by atoms with Gasteiger partial charge in [0.15, 0.2) is 0 Å². The molecule has 0 spiro atoms. The molecule has 3 heterocycles. The zero-order valence-corrected chi connectivity index (χ0v) is 14.9. The van der Waals surface area contributed by atoms with Crippen LogP contribution in [0.3, 0.4) is 0 Å². The molecule has 1 amide bonds. The second-order valence-corrected chi connectivity index (χ2v) is 7.39. The number of carbonyl (C=O) groups excluding carboxylic acids is 1. The Kier molecular flexibility index (Phi) is 5.89. The molecule has 2 fully saturated rings. The highest BCUT2D eigenvalue weighted by Gasteiger charge is 2.25. The van der Waals surface area contributed by atoms with Crippen molar-refractivity contribution in [2.24, 2.45) is 5.92 Å². The SMILES string of the molecule is C[C@@H]1CN(CCC2CCN(C(=O)Cc3ccn[nH]3)CC2)C[C@H](C)O1. The second kappa shape index (κ2) is 8.12. The van der Waals surface area contributed by atoms with Gasteiger partial charge in [-0.2, -0.15) is 5.10 Å². The molecule has 0 bridgehead atoms. The minimum atomic E-state index is 0.216. The topological polar surface area (TPSA) is 61.5 Å². The summed E-state index contributed by atoms with van der Waals surface area (Å²) in [4.78, 5) is 16.9. The molecule has 0 aliphatic carbocycles. The number of likely N-dealkylation sites (tertiary alicyclic amines) is 1. The number of rotatable bonds is 5. The van der Waals surface area contributed by atoms with Gasteiger partial charge in [0.1, 0.15) is 0 Å². The number of piperidine rings is 1. The van der Waals surface area contributed by atoms with Crippen LogP contribution in [0.4, 0.5) is 0 Å². The van der Waals surface area contributed by atoms with Gasteiger partial charge in [0.25, 0.3) is 0 Å². The van der Waals surface area contributed by atoms with Crippen LogP contribution in [-0.2, 0) is 16.0 Å². The van der Waals surface area contributed by atoms with E-state index in [0.717, 1.165) is 57.2 Å². The first-order chi connectivity index (χ1) is 11.6. The standard InChI is InChI=1S/C18H30N4O2/c1-14-12-21(13-15(2)24-14)8-4-16-5-9-22(10-6-16)18(23)11-17-3-7-19-20-17/h3,7,14-16H,4-6,8-13H2,1-2H3,(H,19,20)/t14-,15+. The lowest BCUT2D eigenvalue weighted by Crippen LogP contribution is -2.46. The first-order valence-corrected chi connectivity index (χ1v) is 9.24. The van der Waals surface area contributed by atoms with Gasteiger partial charge in [-0.25, -0.2) is 0 Å². The number of nitrogens with zero attached hydrogens (tertiary/aromatic N) is 3. The number of morpholine rings is 1. The molecule has 1 aromatic heterocycles. The third kappa shape index (κ3) is 4.80. The lowest BCUT2D eigenvalue weighted by atomic mass is 9.93. The minimum Gasteiger partial charge on any atom is -0.373 e. The van der Waals surface area contributed by atoms with E-state index in [1.54, 1.807) is 6.20 Å². The van der Waals surface area contributed by atoms with Crippen molar-refractivity contribution >= 4 is 5.91 Å². The number of hydrogen-bond acceptors (Lipinski definition) is 4. The zero-order chi connectivity index (χ0) is 16.9. The summed E-state index contributed by atoms with van der Waals surface area (Å²) in [6.07, 6.45) is 6.32. The zero-order valence-electron chi connectivity index (χ0n) is 14.9. The van der Waals surface area contributed by atoms with E-state index in [1.807, 2.05) is 11.0 Å². The van der Waals surface area contributed by atoms with Crippen LogP contribution in [0.15, 0.2) is 12.3 Å². The summed E-state index contributed by atoms with van der Waals surface area (Å²) in [5.41, 5.74) is 0.901. The van der Waals surface area contributed by atoms with Crippen molar-refractivity contribution in [3.05, 3.63) is 18.0 Å². The van der Waals surface area contributed by atoms with Crippen molar-refractivity contribution in [2.75, 3.05) is 32.7 Å². The molecule has 2 atom stereocenters. The van der Waals surface area contributed by atoms with Gasteiger partial charge in [-0.05, 0) is 51.6 Å². The number of aromatic amines is 1. The number of H-pyrrole nitrogens is 1. The predicted molar refractivity (Wildman–Crippen MR) is 92.7 cm³/mol. The molecule has 0 saturated carbocycles. The molecule has 0 radical (unpaired) electrons. The van der Waals surface area contributed by atoms with Crippen LogP contribution in [0.5, 0.6) is 0 Å². The first kappa shape index (κ1) is 17.4. The second-order valence-electron chi connectivity index (χ2n) is 7.39. The maximum Gasteiger partial charge on any atom is 0.228 e. The molecule has 0 unspecified atom stereocenters. The van der Waals surface area contributed by atoms with Gasteiger partial charge in [0.2, 0.25) is 5.91 Å². The van der Waals surface area contributed by atoms with Crippen molar-refractivity contribution in [1.82, 2.24) is 20.0 Å². The highest BCUT2D eigenvalue weighted by atomic mass is 16.5. The average molecular weight is 334 g/mol. The third-order valence-electron chi connectivity index (χ3n) is 5.22. The van der Waals surface area contributed by atoms with Gasteiger partial charge < -0.3 is 9.64 Å². The van der Waals surface area contributed by atoms with Crippen LogP contribution < -0.4 is 0 Å². The Bertz CT molecular complexity index is 501. The maximum atomic E-state index is 12.3. The van der Waals surface area contributed by atoms with E-state index in [0.29, 0.717) is 18.6 Å². The monoisotopic (exact) mass is 334 g/mol. The van der Waals surface area contributed by atoms with E-state index in [-0.39, 0.29) is 5.91 Å². The molecule has 2 saturated heterocycles. The number of carbonyl (C=O) groups is 1. The molecule has 6 nitrogen and oxygen atoms in total. The van der Waals surface area contributed by atoms with Gasteiger partial charge in [-0.3, -0.25) is 14.8 Å². The molecule has 24 heavy (non-hydrogen) atoms. The maximum absolute atomic E-state index is 12.3. The Morgan fingerprint density at radius 3 is 2.62 bits per heavy atom. The fraction of sp³-hybridized carbons (Fsp3) is 0.778. The predicted octanol–water partition coefficient (Wildman–Crippen LogP) is 1.69. The number of amides is 1. The largest absolute Gasteiger partial charge is 0.373 e. The molecular formula is C18H30N4O2. The Morgan fingerprint density at radius 1 is 1.29 bits per heavy atom. The van der Waals surface area contributed by atoms with Gasteiger partial charge in [-0.1, -0.05) is 0 Å². The number of hydrogen-bond donors (Lipinski definition) is 1. The number of ether oxygens (including phenoxy) is 1. The normalized spacial score (nSPS) is 26.7. The Labute approximate surface area is 144 Å². The van der Waals surface area contributed by atoms with Crippen molar-refractivity contribution in [1.29, 1.82) is 0 Å². The molecular weight excluding hydrogens is 304 g/mol. The number of aromatic nitrogens is 2. The molecule has 2 aliphatic rings. The molecule has 1 aromatic rings. The quantitative estimate of drug-likeness (QED) is 0.890. The Hall–Kier alpha value is -1.40. The van der Waals surface area contributed by atoms with E-state index in [1.165, 1.54) is 6.42 Å². The van der Waals surface area contributed by atoms with E-state index in [9.17, 15) is 4.79 Å². The highest BCUT2D eigenvalue weighted by Crippen LogP contribution is 2.22. The van der Waals surface area contributed by atoms with Gasteiger partial charge in [0.05, 0.1) is 18.6 Å². The van der Waals surface area contributed by atoms with Gasteiger partial charge in [-0.15, -0.1) is 0 Å². The van der Waals surface area contributed by atoms with E-state index in [2.05, 4.69) is 28.9 Å². The van der Waals surface area contributed by atoms with E-state index in [4.69, 9.17) is 4.74 Å². The Morgan fingerprint density at radius 2 is 2.00 bits per heavy atom. The van der Waals surface area contributed by atoms with Gasteiger partial charge >= 0.3 is 0 Å². The summed E-state index contributed by atoms with van der Waals surface area (Å²) in [5.74, 6) is 0.961. The summed E-state index contributed by atoms with van der Waals surface area (Å²) < 4.78 is 5.80. The minimum absolute atomic E-state index is 0.216. The van der Waals surface area contributed by atoms with Crippen molar-refractivity contribution in [3.63, 3.8) is 0 Å². The van der Waals surface area contributed by atoms with Crippen LogP contribution >= 0.6 is 0 Å². The third-order valence-corrected chi connectivity index (χ3v) is 5.22. The summed E-state index contributed by atoms with van der Waals surface area (Å²) in [6.45, 7) is 9.36. The van der Waals surface area contributed by atoms with Crippen LogP contribution in [0.25, 0.3) is 0 Å². The summed E-state index contributed by atoms with van der Waals surface area (Å²) in [7, 11) is 0. The average Bonchev–Trinajstić information content (AvgIpc) is 3.05. The van der Waals surface area contributed by atoms with Crippen LogP contribution in [0, 0.1) is 5.92 Å². The van der Waals surface area contributed by atoms with Crippen LogP contribution in [0.2, 0.25) is 0 Å². The van der Waals surface area contributed by atoms with Crippen LogP contribution in [0.1, 0.15) is 38.8 Å². The first-order valence-electron chi connectivity index (χ1n) is 9.24. The number of nitrogens with one attached hydrogen (secondary N) is 1. The fourth-order valence-electron chi connectivity index (χ4n) is 3.96. The van der Waals surface area contributed by atoms with Crippen LogP contribution in [-0.4, -0.2) is 70.8 Å². The lowest BCUT2D eigenvalue weighted by molar-refractivity contribution is -0.132. The van der Waals surface area contributed by atoms with Crippen molar-refractivity contribution < 1.29 is 9.53 Å². The molecule has 0 aromatic carbocycles. The summed E-state index contributed by atoms with van der Waals surface area (Å²) in [5, 5.41) is 6.77. The highest BCUT2D eigenvalue weighted by molar-refractivity contribution is 5.78. The molecule has 3 rings (SSSR count). The molecule has 1 N–H and O–H groups in total. The summed E-state index contributed by atoms with van der Waals surface area (Å²) in [6, 6.07) is 1.87. The smallest absolute Gasteiger partial charge is 0.228 e. The fourth-order valence-corrected chi connectivity index (χ4v) is 3.96. The van der Waals surface area contributed by atoms with Crippen molar-refractivity contribution in [3.8, 4) is 0 Å². The van der Waals surface area contributed by atoms with E-state index >= 15 is 0 Å². The Balaban J connectivity index is 1.37. The molecule has 6 heteroatoms. The molecule has 134 valence electrons. The summed E-state index contributed by atoms with van der Waals surface area (Å²) >= 11 is 0. The van der Waals surface area contributed by atoms with Gasteiger partial charge in [0, 0.05) is 38.1 Å². The van der Waals surface area contributed by atoms with E-state index < -0.39 is 0 Å². The molecule has 2 aliphatic heterocycles.